The minimum atomic E-state index is -0.961. The lowest BCUT2D eigenvalue weighted by atomic mass is 9.96. The molecule has 2 atom stereocenters. The molecule has 3 amide bonds. The minimum absolute atomic E-state index is 0.327. The van der Waals surface area contributed by atoms with E-state index in [0.717, 1.165) is 27.2 Å². The highest BCUT2D eigenvalue weighted by atomic mass is 16.2. The maximum absolute atomic E-state index is 13.4. The van der Waals surface area contributed by atoms with Gasteiger partial charge in [-0.25, -0.2) is 0 Å². The van der Waals surface area contributed by atoms with Crippen molar-refractivity contribution in [1.82, 2.24) is 10.2 Å². The first-order chi connectivity index (χ1) is 17.0. The summed E-state index contributed by atoms with van der Waals surface area (Å²) in [5.41, 5.74) is 4.65. The van der Waals surface area contributed by atoms with Crippen molar-refractivity contribution >= 4 is 17.7 Å². The van der Waals surface area contributed by atoms with E-state index in [1.165, 1.54) is 0 Å². The molecule has 5 rings (SSSR count). The van der Waals surface area contributed by atoms with Crippen LogP contribution in [0, 0.1) is 0 Å². The van der Waals surface area contributed by atoms with Crippen LogP contribution in [0.15, 0.2) is 109 Å². The number of hydrogen-bond donors (Lipinski definition) is 1. The van der Waals surface area contributed by atoms with Gasteiger partial charge < -0.3 is 5.32 Å². The molecule has 1 heterocycles. The van der Waals surface area contributed by atoms with Crippen molar-refractivity contribution in [3.63, 3.8) is 0 Å². The molecule has 35 heavy (non-hydrogen) atoms. The topological polar surface area (TPSA) is 66.5 Å². The highest BCUT2D eigenvalue weighted by molar-refractivity contribution is 6.22. The van der Waals surface area contributed by atoms with E-state index >= 15 is 0 Å². The lowest BCUT2D eigenvalue weighted by Gasteiger charge is -2.26. The molecule has 0 spiro atoms. The molecule has 0 saturated heterocycles. The summed E-state index contributed by atoms with van der Waals surface area (Å²) in [6, 6.07) is 33.0. The predicted octanol–water partition coefficient (Wildman–Crippen LogP) is 5.24. The summed E-state index contributed by atoms with van der Waals surface area (Å²) in [6.45, 7) is 1.58. The van der Waals surface area contributed by atoms with Gasteiger partial charge >= 0.3 is 0 Å². The fourth-order valence-corrected chi connectivity index (χ4v) is 4.44. The van der Waals surface area contributed by atoms with Gasteiger partial charge in [0.25, 0.3) is 11.8 Å². The maximum atomic E-state index is 13.4. The monoisotopic (exact) mass is 460 g/mol. The Kier molecular flexibility index (Phi) is 5.98. The van der Waals surface area contributed by atoms with Crippen LogP contribution in [0.5, 0.6) is 0 Å². The number of nitrogens with one attached hydrogen (secondary N) is 1. The van der Waals surface area contributed by atoms with Crippen molar-refractivity contribution in [2.24, 2.45) is 0 Å². The van der Waals surface area contributed by atoms with Crippen molar-refractivity contribution < 1.29 is 14.4 Å². The number of imide groups is 1. The van der Waals surface area contributed by atoms with Gasteiger partial charge in [-0.2, -0.15) is 0 Å². The second kappa shape index (κ2) is 9.39. The van der Waals surface area contributed by atoms with E-state index < -0.39 is 29.8 Å². The average Bonchev–Trinajstić information content (AvgIpc) is 3.17. The van der Waals surface area contributed by atoms with Gasteiger partial charge in [-0.3, -0.25) is 19.3 Å². The fraction of sp³-hybridized carbons (Fsp3) is 0.100. The van der Waals surface area contributed by atoms with Gasteiger partial charge in [-0.05, 0) is 41.3 Å². The van der Waals surface area contributed by atoms with Crippen molar-refractivity contribution in [2.45, 2.75) is 19.0 Å². The molecule has 4 aromatic carbocycles. The molecule has 2 unspecified atom stereocenters. The standard InChI is InChI=1S/C30H24N2O3/c1-20(32-29(34)25-14-8-9-15-26(25)30(32)35)28(33)31-27(23-12-6-3-7-13-23)24-18-16-22(17-19-24)21-10-4-2-5-11-21/h2-20,27H,1H3,(H,31,33). The number of hydrogen-bond acceptors (Lipinski definition) is 3. The van der Waals surface area contributed by atoms with Crippen molar-refractivity contribution in [3.8, 4) is 11.1 Å². The van der Waals surface area contributed by atoms with Gasteiger partial charge in [0, 0.05) is 0 Å². The molecule has 0 saturated carbocycles. The maximum Gasteiger partial charge on any atom is 0.262 e. The lowest BCUT2D eigenvalue weighted by molar-refractivity contribution is -0.125. The van der Waals surface area contributed by atoms with Crippen LogP contribution in [-0.4, -0.2) is 28.7 Å². The molecule has 0 fully saturated rings. The van der Waals surface area contributed by atoms with E-state index in [4.69, 9.17) is 0 Å². The second-order valence-electron chi connectivity index (χ2n) is 8.54. The number of nitrogens with zero attached hydrogens (tertiary/aromatic N) is 1. The zero-order valence-electron chi connectivity index (χ0n) is 19.2. The van der Waals surface area contributed by atoms with Crippen LogP contribution >= 0.6 is 0 Å². The molecule has 172 valence electrons. The summed E-state index contributed by atoms with van der Waals surface area (Å²) < 4.78 is 0. The van der Waals surface area contributed by atoms with E-state index in [1.807, 2.05) is 72.8 Å². The number of fused-ring (bicyclic) bond motifs is 1. The zero-order chi connectivity index (χ0) is 24.4. The number of carbonyl (C=O) groups is 3. The van der Waals surface area contributed by atoms with Crippen LogP contribution in [0.25, 0.3) is 11.1 Å². The largest absolute Gasteiger partial charge is 0.343 e. The summed E-state index contributed by atoms with van der Waals surface area (Å²) >= 11 is 0. The lowest BCUT2D eigenvalue weighted by Crippen LogP contribution is -2.48. The summed E-state index contributed by atoms with van der Waals surface area (Å²) in [7, 11) is 0. The van der Waals surface area contributed by atoms with Crippen molar-refractivity contribution in [3.05, 3.63) is 131 Å². The summed E-state index contributed by atoms with van der Waals surface area (Å²) in [4.78, 5) is 40.2. The third kappa shape index (κ3) is 4.24. The van der Waals surface area contributed by atoms with E-state index in [0.29, 0.717) is 11.1 Å². The molecular formula is C30H24N2O3. The van der Waals surface area contributed by atoms with Gasteiger partial charge in [-0.1, -0.05) is 97.1 Å². The first-order valence-corrected chi connectivity index (χ1v) is 11.5. The highest BCUT2D eigenvalue weighted by Crippen LogP contribution is 2.28. The normalized spacial score (nSPS) is 14.4. The molecule has 1 aliphatic heterocycles. The first-order valence-electron chi connectivity index (χ1n) is 11.5. The number of rotatable bonds is 6. The van der Waals surface area contributed by atoms with Gasteiger partial charge in [0.2, 0.25) is 5.91 Å². The molecule has 0 aromatic heterocycles. The Morgan fingerprint density at radius 1 is 0.629 bits per heavy atom. The van der Waals surface area contributed by atoms with Crippen LogP contribution in [0.3, 0.4) is 0 Å². The Balaban J connectivity index is 1.41. The fourth-order valence-electron chi connectivity index (χ4n) is 4.44. The average molecular weight is 461 g/mol. The van der Waals surface area contributed by atoms with Crippen LogP contribution in [0.2, 0.25) is 0 Å². The third-order valence-corrected chi connectivity index (χ3v) is 6.36. The van der Waals surface area contributed by atoms with E-state index in [1.54, 1.807) is 31.2 Å². The molecule has 4 aromatic rings. The zero-order valence-corrected chi connectivity index (χ0v) is 19.2. The Morgan fingerprint density at radius 2 is 1.09 bits per heavy atom. The number of amides is 3. The molecule has 1 N–H and O–H groups in total. The molecule has 0 bridgehead atoms. The predicted molar refractivity (Wildman–Crippen MR) is 135 cm³/mol. The Labute approximate surface area is 204 Å². The van der Waals surface area contributed by atoms with Crippen LogP contribution < -0.4 is 5.32 Å². The third-order valence-electron chi connectivity index (χ3n) is 6.36. The van der Waals surface area contributed by atoms with E-state index in [9.17, 15) is 14.4 Å². The number of carbonyl (C=O) groups excluding carboxylic acids is 3. The first kappa shape index (κ1) is 22.3. The molecule has 5 nitrogen and oxygen atoms in total. The van der Waals surface area contributed by atoms with Crippen LogP contribution in [0.1, 0.15) is 44.8 Å². The highest BCUT2D eigenvalue weighted by Gasteiger charge is 2.41. The molecule has 0 radical (unpaired) electrons. The number of benzene rings is 4. The quantitative estimate of drug-likeness (QED) is 0.400. The van der Waals surface area contributed by atoms with Crippen molar-refractivity contribution in [1.29, 1.82) is 0 Å². The Hall–Kier alpha value is -4.51. The van der Waals surface area contributed by atoms with Gasteiger partial charge in [0.05, 0.1) is 17.2 Å². The second-order valence-corrected chi connectivity index (χ2v) is 8.54. The van der Waals surface area contributed by atoms with Crippen molar-refractivity contribution in [2.75, 3.05) is 0 Å². The summed E-state index contributed by atoms with van der Waals surface area (Å²) in [6.07, 6.45) is 0. The van der Waals surface area contributed by atoms with Gasteiger partial charge in [0.15, 0.2) is 0 Å². The summed E-state index contributed by atoms with van der Waals surface area (Å²) in [5, 5.41) is 3.07. The Bertz CT molecular complexity index is 1350. The minimum Gasteiger partial charge on any atom is -0.343 e. The van der Waals surface area contributed by atoms with Gasteiger partial charge in [-0.15, -0.1) is 0 Å². The van der Waals surface area contributed by atoms with E-state index in [-0.39, 0.29) is 0 Å². The smallest absolute Gasteiger partial charge is 0.262 e. The SMILES string of the molecule is CC(C(=O)NC(c1ccccc1)c1ccc(-c2ccccc2)cc1)N1C(=O)c2ccccc2C1=O. The molecule has 5 heteroatoms. The van der Waals surface area contributed by atoms with Crippen LogP contribution in [0.4, 0.5) is 0 Å². The van der Waals surface area contributed by atoms with Crippen LogP contribution in [-0.2, 0) is 4.79 Å². The molecule has 0 aliphatic carbocycles. The Morgan fingerprint density at radius 3 is 1.66 bits per heavy atom. The molecule has 1 aliphatic rings. The summed E-state index contributed by atoms with van der Waals surface area (Å²) in [5.74, 6) is -1.30. The molecular weight excluding hydrogens is 436 g/mol. The van der Waals surface area contributed by atoms with Gasteiger partial charge in [0.1, 0.15) is 6.04 Å². The van der Waals surface area contributed by atoms with E-state index in [2.05, 4.69) is 17.4 Å².